The number of piperidine rings is 1. The van der Waals surface area contributed by atoms with Gasteiger partial charge in [0, 0.05) is 18.0 Å². The third kappa shape index (κ3) is 5.59. The Balaban J connectivity index is 1.52. The molecule has 1 aliphatic heterocycles. The van der Waals surface area contributed by atoms with E-state index in [1.165, 1.54) is 34.9 Å². The Labute approximate surface area is 179 Å². The maximum atomic E-state index is 12.9. The SMILES string of the molecule is COc1ccc(S(=O)(=O)N2CCCC(C(=O)OCC(=O)NCc3cccs3)C2)cc1. The van der Waals surface area contributed by atoms with Gasteiger partial charge in [0.05, 0.1) is 24.5 Å². The van der Waals surface area contributed by atoms with Gasteiger partial charge in [-0.3, -0.25) is 9.59 Å². The Bertz CT molecular complexity index is 958. The van der Waals surface area contributed by atoms with Crippen LogP contribution >= 0.6 is 11.3 Å². The van der Waals surface area contributed by atoms with Gasteiger partial charge in [-0.15, -0.1) is 11.3 Å². The molecule has 10 heteroatoms. The largest absolute Gasteiger partial charge is 0.497 e. The average molecular weight is 453 g/mol. The fourth-order valence-electron chi connectivity index (χ4n) is 3.15. The molecule has 1 aliphatic rings. The predicted molar refractivity (Wildman–Crippen MR) is 112 cm³/mol. The minimum atomic E-state index is -3.73. The summed E-state index contributed by atoms with van der Waals surface area (Å²) in [6, 6.07) is 9.91. The molecule has 0 aliphatic carbocycles. The molecule has 0 radical (unpaired) electrons. The second-order valence-corrected chi connectivity index (χ2v) is 9.81. The third-order valence-corrected chi connectivity index (χ3v) is 7.56. The van der Waals surface area contributed by atoms with Crippen molar-refractivity contribution in [1.29, 1.82) is 0 Å². The van der Waals surface area contributed by atoms with Crippen molar-refractivity contribution in [2.24, 2.45) is 5.92 Å². The van der Waals surface area contributed by atoms with Crippen molar-refractivity contribution in [1.82, 2.24) is 9.62 Å². The number of nitrogens with one attached hydrogen (secondary N) is 1. The minimum Gasteiger partial charge on any atom is -0.497 e. The molecule has 1 unspecified atom stereocenters. The number of sulfonamides is 1. The molecule has 0 saturated carbocycles. The van der Waals surface area contributed by atoms with E-state index in [1.54, 1.807) is 12.1 Å². The highest BCUT2D eigenvalue weighted by Gasteiger charge is 2.34. The quantitative estimate of drug-likeness (QED) is 0.615. The van der Waals surface area contributed by atoms with Gasteiger partial charge in [0.1, 0.15) is 5.75 Å². The van der Waals surface area contributed by atoms with Crippen LogP contribution in [0.3, 0.4) is 0 Å². The highest BCUT2D eigenvalue weighted by Crippen LogP contribution is 2.25. The molecule has 1 fully saturated rings. The lowest BCUT2D eigenvalue weighted by Gasteiger charge is -2.30. The van der Waals surface area contributed by atoms with E-state index in [2.05, 4.69) is 5.32 Å². The molecule has 30 heavy (non-hydrogen) atoms. The molecule has 3 rings (SSSR count). The average Bonchev–Trinajstić information content (AvgIpc) is 3.30. The maximum absolute atomic E-state index is 12.9. The van der Waals surface area contributed by atoms with Crippen LogP contribution in [0, 0.1) is 5.92 Å². The molecule has 2 heterocycles. The molecule has 2 aromatic rings. The summed E-state index contributed by atoms with van der Waals surface area (Å²) in [6.07, 6.45) is 1.06. The van der Waals surface area contributed by atoms with Crippen molar-refractivity contribution in [2.45, 2.75) is 24.3 Å². The topological polar surface area (TPSA) is 102 Å². The van der Waals surface area contributed by atoms with Crippen LogP contribution in [0.25, 0.3) is 0 Å². The number of benzene rings is 1. The standard InChI is InChI=1S/C20H24N2O6S2/c1-27-16-6-8-18(9-7-16)30(25,26)22-10-2-4-15(13-22)20(24)28-14-19(23)21-12-17-5-3-11-29-17/h3,5-9,11,15H,2,4,10,12-14H2,1H3,(H,21,23). The fraction of sp³-hybridized carbons (Fsp3) is 0.400. The highest BCUT2D eigenvalue weighted by molar-refractivity contribution is 7.89. The first-order valence-electron chi connectivity index (χ1n) is 9.50. The smallest absolute Gasteiger partial charge is 0.310 e. The van der Waals surface area contributed by atoms with Crippen LogP contribution in [0.5, 0.6) is 5.75 Å². The number of carbonyl (C=O) groups excluding carboxylic acids is 2. The van der Waals surface area contributed by atoms with Gasteiger partial charge in [-0.2, -0.15) is 4.31 Å². The molecule has 1 amide bonds. The van der Waals surface area contributed by atoms with E-state index < -0.39 is 27.8 Å². The predicted octanol–water partition coefficient (Wildman–Crippen LogP) is 2.02. The van der Waals surface area contributed by atoms with E-state index >= 15 is 0 Å². The monoisotopic (exact) mass is 452 g/mol. The van der Waals surface area contributed by atoms with E-state index in [9.17, 15) is 18.0 Å². The van der Waals surface area contributed by atoms with Gasteiger partial charge in [0.2, 0.25) is 10.0 Å². The second kappa shape index (κ2) is 10.1. The van der Waals surface area contributed by atoms with Gasteiger partial charge in [-0.1, -0.05) is 6.07 Å². The van der Waals surface area contributed by atoms with E-state index in [0.29, 0.717) is 31.7 Å². The molecule has 0 spiro atoms. The van der Waals surface area contributed by atoms with Gasteiger partial charge in [-0.25, -0.2) is 8.42 Å². The Hall–Kier alpha value is -2.43. The summed E-state index contributed by atoms with van der Waals surface area (Å²) in [5.74, 6) is -0.991. The van der Waals surface area contributed by atoms with Crippen LogP contribution in [0.15, 0.2) is 46.7 Å². The lowest BCUT2D eigenvalue weighted by atomic mass is 10.00. The number of carbonyl (C=O) groups is 2. The zero-order valence-electron chi connectivity index (χ0n) is 16.6. The first-order valence-corrected chi connectivity index (χ1v) is 11.8. The number of ether oxygens (including phenoxy) is 2. The minimum absolute atomic E-state index is 0.0318. The Kier molecular flexibility index (Phi) is 7.46. The van der Waals surface area contributed by atoms with Crippen LogP contribution in [-0.4, -0.2) is 51.4 Å². The number of thiophene rings is 1. The first kappa shape index (κ1) is 22.3. The summed E-state index contributed by atoms with van der Waals surface area (Å²) in [5.41, 5.74) is 0. The van der Waals surface area contributed by atoms with E-state index in [4.69, 9.17) is 9.47 Å². The third-order valence-electron chi connectivity index (χ3n) is 4.80. The molecule has 0 bridgehead atoms. The molecule has 1 atom stereocenters. The zero-order chi connectivity index (χ0) is 21.6. The number of nitrogens with zero attached hydrogens (tertiary/aromatic N) is 1. The number of rotatable bonds is 8. The number of hydrogen-bond acceptors (Lipinski definition) is 7. The van der Waals surface area contributed by atoms with Crippen molar-refractivity contribution in [3.05, 3.63) is 46.7 Å². The van der Waals surface area contributed by atoms with E-state index in [-0.39, 0.29) is 18.0 Å². The number of methoxy groups -OCH3 is 1. The van der Waals surface area contributed by atoms with Crippen LogP contribution in [-0.2, 0) is 30.9 Å². The maximum Gasteiger partial charge on any atom is 0.310 e. The van der Waals surface area contributed by atoms with Gasteiger partial charge in [0.15, 0.2) is 6.61 Å². The summed E-state index contributed by atoms with van der Waals surface area (Å²) < 4.78 is 37.3. The lowest BCUT2D eigenvalue weighted by Crippen LogP contribution is -2.43. The van der Waals surface area contributed by atoms with Crippen LogP contribution in [0.2, 0.25) is 0 Å². The van der Waals surface area contributed by atoms with Gasteiger partial charge in [-0.05, 0) is 48.6 Å². The van der Waals surface area contributed by atoms with Crippen LogP contribution < -0.4 is 10.1 Å². The molecular formula is C20H24N2O6S2. The number of amides is 1. The summed E-state index contributed by atoms with van der Waals surface area (Å²) in [7, 11) is -2.22. The van der Waals surface area contributed by atoms with Crippen LogP contribution in [0.4, 0.5) is 0 Å². The Morgan fingerprint density at radius 2 is 2.00 bits per heavy atom. The second-order valence-electron chi connectivity index (χ2n) is 6.84. The summed E-state index contributed by atoms with van der Waals surface area (Å²) in [6.45, 7) is 0.362. The van der Waals surface area contributed by atoms with Crippen molar-refractivity contribution >= 4 is 33.2 Å². The summed E-state index contributed by atoms with van der Waals surface area (Å²) >= 11 is 1.52. The van der Waals surface area contributed by atoms with E-state index in [0.717, 1.165) is 4.88 Å². The molecule has 1 aromatic carbocycles. The van der Waals surface area contributed by atoms with Crippen molar-refractivity contribution < 1.29 is 27.5 Å². The number of hydrogen-bond donors (Lipinski definition) is 1. The molecule has 1 saturated heterocycles. The Morgan fingerprint density at radius 1 is 1.23 bits per heavy atom. The van der Waals surface area contributed by atoms with Crippen LogP contribution in [0.1, 0.15) is 17.7 Å². The van der Waals surface area contributed by atoms with E-state index in [1.807, 2.05) is 17.5 Å². The fourth-order valence-corrected chi connectivity index (χ4v) is 5.32. The number of esters is 1. The molecule has 8 nitrogen and oxygen atoms in total. The zero-order valence-corrected chi connectivity index (χ0v) is 18.2. The molecular weight excluding hydrogens is 428 g/mol. The van der Waals surface area contributed by atoms with Crippen molar-refractivity contribution in [3.63, 3.8) is 0 Å². The molecule has 1 aromatic heterocycles. The first-order chi connectivity index (χ1) is 14.4. The van der Waals surface area contributed by atoms with Crippen molar-refractivity contribution in [3.8, 4) is 5.75 Å². The van der Waals surface area contributed by atoms with Gasteiger partial charge >= 0.3 is 5.97 Å². The highest BCUT2D eigenvalue weighted by atomic mass is 32.2. The Morgan fingerprint density at radius 3 is 2.67 bits per heavy atom. The lowest BCUT2D eigenvalue weighted by molar-refractivity contribution is -0.153. The molecule has 162 valence electrons. The normalized spacial score (nSPS) is 17.3. The van der Waals surface area contributed by atoms with Gasteiger partial charge < -0.3 is 14.8 Å². The summed E-state index contributed by atoms with van der Waals surface area (Å²) in [4.78, 5) is 25.4. The van der Waals surface area contributed by atoms with Gasteiger partial charge in [0.25, 0.3) is 5.91 Å². The summed E-state index contributed by atoms with van der Waals surface area (Å²) in [5, 5.41) is 4.60. The van der Waals surface area contributed by atoms with Crippen molar-refractivity contribution in [2.75, 3.05) is 26.8 Å². The molecule has 1 N–H and O–H groups in total.